The quantitative estimate of drug-likeness (QED) is 0.535. The van der Waals surface area contributed by atoms with Gasteiger partial charge in [-0.2, -0.15) is 0 Å². The Labute approximate surface area is 66.0 Å². The molecule has 0 aliphatic heterocycles. The van der Waals surface area contributed by atoms with Crippen molar-refractivity contribution in [3.05, 3.63) is 29.6 Å². The van der Waals surface area contributed by atoms with Crippen LogP contribution in [0.4, 0.5) is 18.9 Å². The maximum absolute atomic E-state index is 12.6. The SMILES string of the molecule is O=[C]Nc1ccc(F)c(F)c1F. The highest BCUT2D eigenvalue weighted by atomic mass is 19.2. The van der Waals surface area contributed by atoms with Gasteiger partial charge in [0.25, 0.3) is 0 Å². The van der Waals surface area contributed by atoms with Gasteiger partial charge in [0.1, 0.15) is 0 Å². The molecule has 5 heteroatoms. The predicted octanol–water partition coefficient (Wildman–Crippen LogP) is 1.58. The lowest BCUT2D eigenvalue weighted by Crippen LogP contribution is -2.00. The van der Waals surface area contributed by atoms with Gasteiger partial charge in [0.2, 0.25) is 0 Å². The molecule has 1 rings (SSSR count). The molecular weight excluding hydrogens is 171 g/mol. The number of anilines is 1. The van der Waals surface area contributed by atoms with Gasteiger partial charge in [0, 0.05) is 0 Å². The summed E-state index contributed by atoms with van der Waals surface area (Å²) in [7, 11) is 0. The zero-order chi connectivity index (χ0) is 9.14. The summed E-state index contributed by atoms with van der Waals surface area (Å²) in [5.74, 6) is -4.35. The third-order valence-corrected chi connectivity index (χ3v) is 1.22. The van der Waals surface area contributed by atoms with Gasteiger partial charge < -0.3 is 5.32 Å². The molecule has 1 amide bonds. The number of rotatable bonds is 2. The fourth-order valence-electron chi connectivity index (χ4n) is 0.677. The van der Waals surface area contributed by atoms with E-state index in [1.165, 1.54) is 0 Å². The topological polar surface area (TPSA) is 29.1 Å². The summed E-state index contributed by atoms with van der Waals surface area (Å²) in [6.07, 6.45) is 1.14. The van der Waals surface area contributed by atoms with Crippen LogP contribution in [0.15, 0.2) is 12.1 Å². The largest absolute Gasteiger partial charge is 0.315 e. The zero-order valence-corrected chi connectivity index (χ0v) is 5.70. The van der Waals surface area contributed by atoms with Gasteiger partial charge in [-0.05, 0) is 12.1 Å². The molecule has 0 heterocycles. The minimum absolute atomic E-state index is 0.441. The average molecular weight is 174 g/mol. The van der Waals surface area contributed by atoms with Crippen molar-refractivity contribution < 1.29 is 18.0 Å². The third kappa shape index (κ3) is 1.39. The molecule has 1 radical (unpaired) electrons. The maximum atomic E-state index is 12.6. The molecule has 0 saturated carbocycles. The van der Waals surface area contributed by atoms with Crippen LogP contribution in [0.25, 0.3) is 0 Å². The van der Waals surface area contributed by atoms with Crippen LogP contribution in [0, 0.1) is 17.5 Å². The molecule has 0 fully saturated rings. The molecular formula is C7H3F3NO. The second kappa shape index (κ2) is 3.25. The van der Waals surface area contributed by atoms with E-state index >= 15 is 0 Å². The predicted molar refractivity (Wildman–Crippen MR) is 35.6 cm³/mol. The molecule has 0 spiro atoms. The lowest BCUT2D eigenvalue weighted by Gasteiger charge is -2.00. The van der Waals surface area contributed by atoms with Crippen LogP contribution in [-0.2, 0) is 4.79 Å². The number of halogens is 3. The smallest absolute Gasteiger partial charge is 0.314 e. The first-order chi connectivity index (χ1) is 5.66. The Morgan fingerprint density at radius 1 is 1.17 bits per heavy atom. The van der Waals surface area contributed by atoms with Gasteiger partial charge in [-0.15, -0.1) is 0 Å². The Balaban J connectivity index is 3.16. The van der Waals surface area contributed by atoms with Gasteiger partial charge in [-0.25, -0.2) is 13.2 Å². The molecule has 0 atom stereocenters. The Hall–Kier alpha value is -1.52. The molecule has 0 aliphatic rings. The number of carbonyl (C=O) groups excluding carboxylic acids is 1. The van der Waals surface area contributed by atoms with Crippen LogP contribution >= 0.6 is 0 Å². The third-order valence-electron chi connectivity index (χ3n) is 1.22. The molecule has 2 nitrogen and oxygen atoms in total. The number of amides is 1. The average Bonchev–Trinajstić information content (AvgIpc) is 2.07. The lowest BCUT2D eigenvalue weighted by atomic mass is 10.3. The summed E-state index contributed by atoms with van der Waals surface area (Å²) in [4.78, 5) is 9.70. The molecule has 63 valence electrons. The molecule has 0 saturated heterocycles. The molecule has 1 aromatic rings. The van der Waals surface area contributed by atoms with Crippen molar-refractivity contribution in [3.63, 3.8) is 0 Å². The molecule has 0 aromatic heterocycles. The molecule has 0 unspecified atom stereocenters. The van der Waals surface area contributed by atoms with E-state index in [9.17, 15) is 18.0 Å². The van der Waals surface area contributed by atoms with Crippen LogP contribution in [0.2, 0.25) is 0 Å². The fourth-order valence-corrected chi connectivity index (χ4v) is 0.677. The molecule has 1 aromatic carbocycles. The summed E-state index contributed by atoms with van der Waals surface area (Å²) in [6, 6.07) is 1.61. The van der Waals surface area contributed by atoms with Gasteiger partial charge >= 0.3 is 6.41 Å². The fraction of sp³-hybridized carbons (Fsp3) is 0. The molecule has 0 bridgehead atoms. The second-order valence-corrected chi connectivity index (χ2v) is 1.95. The normalized spacial score (nSPS) is 9.58. The van der Waals surface area contributed by atoms with E-state index in [0.717, 1.165) is 12.5 Å². The van der Waals surface area contributed by atoms with E-state index < -0.39 is 23.1 Å². The molecule has 12 heavy (non-hydrogen) atoms. The van der Waals surface area contributed by atoms with Gasteiger partial charge in [0.05, 0.1) is 5.69 Å². The minimum Gasteiger partial charge on any atom is -0.315 e. The van der Waals surface area contributed by atoms with Crippen molar-refractivity contribution in [3.8, 4) is 0 Å². The first kappa shape index (κ1) is 8.58. The standard InChI is InChI=1S/C7H3F3NO/c8-4-1-2-5(11-3-12)7(10)6(4)9/h1-2H,(H,11,12). The first-order valence-electron chi connectivity index (χ1n) is 2.93. The first-order valence-corrected chi connectivity index (χ1v) is 2.93. The number of benzene rings is 1. The number of hydrogen-bond acceptors (Lipinski definition) is 1. The van der Waals surface area contributed by atoms with Crippen LogP contribution in [-0.4, -0.2) is 6.41 Å². The number of hydrogen-bond donors (Lipinski definition) is 1. The van der Waals surface area contributed by atoms with E-state index in [0.29, 0.717) is 6.07 Å². The highest BCUT2D eigenvalue weighted by Crippen LogP contribution is 2.18. The minimum atomic E-state index is -1.62. The van der Waals surface area contributed by atoms with Crippen LogP contribution < -0.4 is 5.32 Å². The van der Waals surface area contributed by atoms with Crippen molar-refractivity contribution in [1.82, 2.24) is 0 Å². The summed E-state index contributed by atoms with van der Waals surface area (Å²) in [6.45, 7) is 0. The van der Waals surface area contributed by atoms with E-state index in [2.05, 4.69) is 0 Å². The Bertz CT molecular complexity index is 314. The highest BCUT2D eigenvalue weighted by Gasteiger charge is 2.12. The van der Waals surface area contributed by atoms with Crippen LogP contribution in [0.5, 0.6) is 0 Å². The highest BCUT2D eigenvalue weighted by molar-refractivity contribution is 5.71. The van der Waals surface area contributed by atoms with Crippen molar-refractivity contribution in [2.45, 2.75) is 0 Å². The van der Waals surface area contributed by atoms with Crippen LogP contribution in [0.3, 0.4) is 0 Å². The Kier molecular flexibility index (Phi) is 2.32. The Morgan fingerprint density at radius 2 is 1.83 bits per heavy atom. The van der Waals surface area contributed by atoms with E-state index in [1.807, 2.05) is 0 Å². The van der Waals surface area contributed by atoms with Gasteiger partial charge in [0.15, 0.2) is 17.5 Å². The zero-order valence-electron chi connectivity index (χ0n) is 5.70. The second-order valence-electron chi connectivity index (χ2n) is 1.95. The maximum Gasteiger partial charge on any atom is 0.314 e. The summed E-state index contributed by atoms with van der Waals surface area (Å²) in [5, 5.41) is 1.76. The van der Waals surface area contributed by atoms with E-state index in [-0.39, 0.29) is 0 Å². The number of nitrogens with one attached hydrogen (secondary N) is 1. The van der Waals surface area contributed by atoms with Crippen molar-refractivity contribution in [2.75, 3.05) is 5.32 Å². The monoisotopic (exact) mass is 174 g/mol. The van der Waals surface area contributed by atoms with E-state index in [1.54, 1.807) is 5.32 Å². The summed E-state index contributed by atoms with van der Waals surface area (Å²) >= 11 is 0. The summed E-state index contributed by atoms with van der Waals surface area (Å²) in [5.41, 5.74) is -0.441. The van der Waals surface area contributed by atoms with Crippen LogP contribution in [0.1, 0.15) is 0 Å². The molecule has 1 N–H and O–H groups in total. The van der Waals surface area contributed by atoms with Gasteiger partial charge in [-0.1, -0.05) is 0 Å². The Morgan fingerprint density at radius 3 is 2.42 bits per heavy atom. The van der Waals surface area contributed by atoms with E-state index in [4.69, 9.17) is 0 Å². The van der Waals surface area contributed by atoms with Crippen molar-refractivity contribution >= 4 is 12.1 Å². The van der Waals surface area contributed by atoms with Crippen molar-refractivity contribution in [1.29, 1.82) is 0 Å². The van der Waals surface area contributed by atoms with Gasteiger partial charge in [-0.3, -0.25) is 4.79 Å². The van der Waals surface area contributed by atoms with Crippen molar-refractivity contribution in [2.24, 2.45) is 0 Å². The lowest BCUT2D eigenvalue weighted by molar-refractivity contribution is 0.449. The molecule has 0 aliphatic carbocycles. The summed E-state index contributed by atoms with van der Waals surface area (Å²) < 4.78 is 37.2.